The summed E-state index contributed by atoms with van der Waals surface area (Å²) in [6.07, 6.45) is 1.32. The predicted molar refractivity (Wildman–Crippen MR) is 41.3 cm³/mol. The van der Waals surface area contributed by atoms with Gasteiger partial charge in [0.15, 0.2) is 0 Å². The molecule has 10 heavy (non-hydrogen) atoms. The smallest absolute Gasteiger partial charge is 0.113 e. The average molecular weight is 160 g/mol. The molecule has 2 aliphatic rings. The Bertz CT molecular complexity index is 96.3. The summed E-state index contributed by atoms with van der Waals surface area (Å²) in [5.41, 5.74) is 0. The molecule has 0 saturated carbocycles. The minimum Gasteiger partial charge on any atom is -0.363 e. The molecule has 2 heterocycles. The lowest BCUT2D eigenvalue weighted by molar-refractivity contribution is 0.0451. The van der Waals surface area contributed by atoms with E-state index in [0.29, 0.717) is 0 Å². The Morgan fingerprint density at radius 1 is 1.30 bits per heavy atom. The third-order valence-corrected chi connectivity index (χ3v) is 2.97. The van der Waals surface area contributed by atoms with Gasteiger partial charge in [0.25, 0.3) is 0 Å². The minimum absolute atomic E-state index is 0.799. The minimum atomic E-state index is 0.799. The van der Waals surface area contributed by atoms with E-state index < -0.39 is 0 Å². The van der Waals surface area contributed by atoms with Gasteiger partial charge in [0.05, 0.1) is 6.61 Å². The molecule has 0 aromatic rings. The highest BCUT2D eigenvalue weighted by atomic mass is 32.2. The van der Waals surface area contributed by atoms with Crippen LogP contribution in [0.5, 0.6) is 0 Å². The van der Waals surface area contributed by atoms with Gasteiger partial charge in [0, 0.05) is 18.8 Å². The lowest BCUT2D eigenvalue weighted by atomic mass is 10.5. The van der Waals surface area contributed by atoms with E-state index in [4.69, 9.17) is 4.74 Å². The quantitative estimate of drug-likeness (QED) is 0.520. The summed E-state index contributed by atoms with van der Waals surface area (Å²) in [5.74, 6) is 1.27. The van der Waals surface area contributed by atoms with Crippen molar-refractivity contribution < 1.29 is 4.74 Å². The van der Waals surface area contributed by atoms with Crippen LogP contribution in [0.15, 0.2) is 0 Å². The SMILES string of the molecule is C1CSN(N2CCOC2)C1. The molecule has 58 valence electrons. The molecule has 0 aromatic carbocycles. The van der Waals surface area contributed by atoms with E-state index in [2.05, 4.69) is 9.42 Å². The second kappa shape index (κ2) is 3.09. The number of hydrogen-bond acceptors (Lipinski definition) is 4. The molecule has 2 fully saturated rings. The van der Waals surface area contributed by atoms with E-state index in [1.54, 1.807) is 0 Å². The van der Waals surface area contributed by atoms with Gasteiger partial charge in [-0.3, -0.25) is 0 Å². The fourth-order valence-corrected chi connectivity index (χ4v) is 2.26. The van der Waals surface area contributed by atoms with E-state index in [1.807, 2.05) is 11.9 Å². The molecule has 0 aliphatic carbocycles. The molecule has 4 heteroatoms. The topological polar surface area (TPSA) is 15.7 Å². The molecule has 0 bridgehead atoms. The molecule has 0 atom stereocenters. The number of ether oxygens (including phenoxy) is 1. The maximum absolute atomic E-state index is 5.24. The second-order valence-electron chi connectivity index (χ2n) is 2.53. The van der Waals surface area contributed by atoms with Crippen molar-refractivity contribution in [3.63, 3.8) is 0 Å². The van der Waals surface area contributed by atoms with Gasteiger partial charge in [0.1, 0.15) is 6.73 Å². The van der Waals surface area contributed by atoms with Gasteiger partial charge in [-0.2, -0.15) is 4.41 Å². The van der Waals surface area contributed by atoms with Crippen LogP contribution in [0.1, 0.15) is 6.42 Å². The van der Waals surface area contributed by atoms with Crippen molar-refractivity contribution in [1.82, 2.24) is 9.42 Å². The van der Waals surface area contributed by atoms with Crippen molar-refractivity contribution in [2.75, 3.05) is 32.2 Å². The van der Waals surface area contributed by atoms with Crippen molar-refractivity contribution in [3.8, 4) is 0 Å². The zero-order chi connectivity index (χ0) is 6.81. The van der Waals surface area contributed by atoms with Crippen LogP contribution in [-0.2, 0) is 4.74 Å². The highest BCUT2D eigenvalue weighted by molar-refractivity contribution is 7.97. The molecular formula is C6H12N2OS. The Kier molecular flexibility index (Phi) is 2.13. The Labute approximate surface area is 65.4 Å². The van der Waals surface area contributed by atoms with Crippen LogP contribution in [0.25, 0.3) is 0 Å². The highest BCUT2D eigenvalue weighted by Gasteiger charge is 2.23. The zero-order valence-electron chi connectivity index (χ0n) is 5.95. The number of nitrogens with zero attached hydrogens (tertiary/aromatic N) is 2. The summed E-state index contributed by atoms with van der Waals surface area (Å²) in [5, 5.41) is 2.28. The van der Waals surface area contributed by atoms with Crippen LogP contribution >= 0.6 is 11.9 Å². The third-order valence-electron chi connectivity index (χ3n) is 1.78. The third kappa shape index (κ3) is 1.29. The van der Waals surface area contributed by atoms with Gasteiger partial charge in [-0.15, -0.1) is 0 Å². The number of rotatable bonds is 1. The Hall–Kier alpha value is 0.230. The fourth-order valence-electron chi connectivity index (χ4n) is 1.24. The van der Waals surface area contributed by atoms with Gasteiger partial charge < -0.3 is 4.74 Å². The molecule has 3 nitrogen and oxygen atoms in total. The first-order valence-electron chi connectivity index (χ1n) is 3.70. The number of hydrazine groups is 1. The molecule has 0 aromatic heterocycles. The first-order chi connectivity index (χ1) is 4.97. The van der Waals surface area contributed by atoms with E-state index in [0.717, 1.165) is 19.9 Å². The first-order valence-corrected chi connectivity index (χ1v) is 4.64. The Balaban J connectivity index is 1.85. The fraction of sp³-hybridized carbons (Fsp3) is 1.00. The Morgan fingerprint density at radius 3 is 2.90 bits per heavy atom. The molecule has 0 radical (unpaired) electrons. The summed E-state index contributed by atoms with van der Waals surface area (Å²) in [4.78, 5) is 0. The van der Waals surface area contributed by atoms with Gasteiger partial charge in [-0.05, 0) is 6.42 Å². The molecule has 2 aliphatic heterocycles. The molecule has 2 saturated heterocycles. The summed E-state index contributed by atoms with van der Waals surface area (Å²) < 4.78 is 7.57. The lowest BCUT2D eigenvalue weighted by Crippen LogP contribution is -2.33. The molecule has 0 N–H and O–H groups in total. The summed E-state index contributed by atoms with van der Waals surface area (Å²) in [6.45, 7) is 3.98. The van der Waals surface area contributed by atoms with Gasteiger partial charge in [0.2, 0.25) is 0 Å². The molecule has 0 amide bonds. The van der Waals surface area contributed by atoms with Crippen LogP contribution < -0.4 is 0 Å². The van der Waals surface area contributed by atoms with Crippen LogP contribution in [-0.4, -0.2) is 41.6 Å². The maximum atomic E-state index is 5.24. The monoisotopic (exact) mass is 160 g/mol. The largest absolute Gasteiger partial charge is 0.363 e. The van der Waals surface area contributed by atoms with Crippen molar-refractivity contribution >= 4 is 11.9 Å². The van der Waals surface area contributed by atoms with Crippen molar-refractivity contribution in [3.05, 3.63) is 0 Å². The van der Waals surface area contributed by atoms with Crippen molar-refractivity contribution in [2.24, 2.45) is 0 Å². The zero-order valence-corrected chi connectivity index (χ0v) is 6.77. The van der Waals surface area contributed by atoms with Gasteiger partial charge in [-0.1, -0.05) is 11.9 Å². The summed E-state index contributed by atoms with van der Waals surface area (Å²) in [7, 11) is 0. The molecular weight excluding hydrogens is 148 g/mol. The van der Waals surface area contributed by atoms with E-state index in [9.17, 15) is 0 Å². The molecule has 0 unspecified atom stereocenters. The van der Waals surface area contributed by atoms with Crippen molar-refractivity contribution in [2.45, 2.75) is 6.42 Å². The Morgan fingerprint density at radius 2 is 2.30 bits per heavy atom. The van der Waals surface area contributed by atoms with Crippen LogP contribution in [0, 0.1) is 0 Å². The molecule has 2 rings (SSSR count). The van der Waals surface area contributed by atoms with Crippen LogP contribution in [0.3, 0.4) is 0 Å². The van der Waals surface area contributed by atoms with Crippen molar-refractivity contribution in [1.29, 1.82) is 0 Å². The van der Waals surface area contributed by atoms with E-state index >= 15 is 0 Å². The second-order valence-corrected chi connectivity index (χ2v) is 3.62. The standard InChI is InChI=1S/C6H12N2OS/c1-2-8(10-5-1)7-3-4-9-6-7/h1-6H2. The number of hydrogen-bond donors (Lipinski definition) is 0. The predicted octanol–water partition coefficient (Wildman–Crippen LogP) is 0.545. The highest BCUT2D eigenvalue weighted by Crippen LogP contribution is 2.23. The normalized spacial score (nSPS) is 30.0. The van der Waals surface area contributed by atoms with Crippen LogP contribution in [0.4, 0.5) is 0 Å². The molecule has 0 spiro atoms. The first kappa shape index (κ1) is 6.91. The van der Waals surface area contributed by atoms with Gasteiger partial charge in [-0.25, -0.2) is 5.01 Å². The maximum Gasteiger partial charge on any atom is 0.113 e. The van der Waals surface area contributed by atoms with E-state index in [1.165, 1.54) is 18.7 Å². The van der Waals surface area contributed by atoms with Gasteiger partial charge >= 0.3 is 0 Å². The van der Waals surface area contributed by atoms with E-state index in [-0.39, 0.29) is 0 Å². The average Bonchev–Trinajstić information content (AvgIpc) is 2.59. The summed E-state index contributed by atoms with van der Waals surface area (Å²) in [6, 6.07) is 0. The van der Waals surface area contributed by atoms with Crippen LogP contribution in [0.2, 0.25) is 0 Å². The lowest BCUT2D eigenvalue weighted by Gasteiger charge is -2.23. The summed E-state index contributed by atoms with van der Waals surface area (Å²) >= 11 is 1.92.